The molecular weight excluding hydrogens is 230 g/mol. The van der Waals surface area contributed by atoms with Gasteiger partial charge in [-0.05, 0) is 25.3 Å². The first-order valence-corrected chi connectivity index (χ1v) is 7.47. The van der Waals surface area contributed by atoms with Crippen LogP contribution in [0.1, 0.15) is 32.4 Å². The first-order chi connectivity index (χ1) is 8.29. The lowest BCUT2D eigenvalue weighted by Gasteiger charge is -2.17. The zero-order valence-electron chi connectivity index (χ0n) is 11.0. The summed E-state index contributed by atoms with van der Waals surface area (Å²) in [5.41, 5.74) is 1.25. The average molecular weight is 253 g/mol. The molecule has 0 spiro atoms. The Hall–Kier alpha value is -0.670. The van der Waals surface area contributed by atoms with Gasteiger partial charge in [0.25, 0.3) is 0 Å². The van der Waals surface area contributed by atoms with E-state index >= 15 is 0 Å². The summed E-state index contributed by atoms with van der Waals surface area (Å²) in [6.07, 6.45) is 0. The van der Waals surface area contributed by atoms with E-state index in [1.165, 1.54) is 5.56 Å². The lowest BCUT2D eigenvalue weighted by Crippen LogP contribution is -2.18. The van der Waals surface area contributed by atoms with Crippen molar-refractivity contribution in [1.29, 1.82) is 0 Å². The monoisotopic (exact) mass is 253 g/mol. The Kier molecular flexibility index (Phi) is 7.13. The molecule has 0 aromatic heterocycles. The van der Waals surface area contributed by atoms with Crippen LogP contribution >= 0.6 is 11.8 Å². The highest BCUT2D eigenvalue weighted by atomic mass is 32.2. The van der Waals surface area contributed by atoms with Gasteiger partial charge in [-0.1, -0.05) is 32.0 Å². The molecule has 2 nitrogen and oxygen atoms in total. The number of para-hydroxylation sites is 1. The van der Waals surface area contributed by atoms with E-state index < -0.39 is 0 Å². The fourth-order valence-corrected chi connectivity index (χ4v) is 2.23. The van der Waals surface area contributed by atoms with Gasteiger partial charge in [-0.3, -0.25) is 0 Å². The van der Waals surface area contributed by atoms with Crippen molar-refractivity contribution in [1.82, 2.24) is 5.32 Å². The summed E-state index contributed by atoms with van der Waals surface area (Å²) in [5, 5.41) is 3.42. The summed E-state index contributed by atoms with van der Waals surface area (Å²) >= 11 is 1.91. The third kappa shape index (κ3) is 5.00. The molecular formula is C14H23NOS. The van der Waals surface area contributed by atoms with E-state index in [2.05, 4.69) is 44.3 Å². The minimum atomic E-state index is 0.343. The molecule has 1 N–H and O–H groups in total. The molecule has 0 aliphatic carbocycles. The Balaban J connectivity index is 2.57. The number of benzene rings is 1. The number of thioether (sulfide) groups is 1. The van der Waals surface area contributed by atoms with Crippen LogP contribution in [-0.4, -0.2) is 24.7 Å². The van der Waals surface area contributed by atoms with Crippen LogP contribution in [0.4, 0.5) is 0 Å². The molecule has 0 heterocycles. The smallest absolute Gasteiger partial charge is 0.124 e. The van der Waals surface area contributed by atoms with Crippen molar-refractivity contribution in [2.24, 2.45) is 0 Å². The molecule has 0 aliphatic heterocycles. The van der Waals surface area contributed by atoms with Crippen LogP contribution < -0.4 is 10.1 Å². The lowest BCUT2D eigenvalue weighted by molar-refractivity contribution is 0.336. The predicted octanol–water partition coefficient (Wildman–Crippen LogP) is 3.49. The van der Waals surface area contributed by atoms with Crippen LogP contribution in [0.25, 0.3) is 0 Å². The van der Waals surface area contributed by atoms with Crippen LogP contribution in [0.3, 0.4) is 0 Å². The van der Waals surface area contributed by atoms with Crippen LogP contribution in [0, 0.1) is 0 Å². The molecule has 0 amide bonds. The zero-order valence-corrected chi connectivity index (χ0v) is 11.8. The second-order valence-electron chi connectivity index (χ2n) is 3.86. The molecule has 0 saturated carbocycles. The minimum Gasteiger partial charge on any atom is -0.492 e. The summed E-state index contributed by atoms with van der Waals surface area (Å²) < 4.78 is 5.85. The van der Waals surface area contributed by atoms with Gasteiger partial charge >= 0.3 is 0 Å². The number of rotatable bonds is 8. The van der Waals surface area contributed by atoms with Gasteiger partial charge in [0.1, 0.15) is 5.75 Å². The topological polar surface area (TPSA) is 21.3 Å². The van der Waals surface area contributed by atoms with Gasteiger partial charge in [-0.25, -0.2) is 0 Å². The molecule has 0 fully saturated rings. The van der Waals surface area contributed by atoms with Gasteiger partial charge in [0.2, 0.25) is 0 Å². The molecule has 1 atom stereocenters. The lowest BCUT2D eigenvalue weighted by atomic mass is 10.1. The maximum absolute atomic E-state index is 5.85. The zero-order chi connectivity index (χ0) is 12.5. The maximum atomic E-state index is 5.85. The van der Waals surface area contributed by atoms with Crippen molar-refractivity contribution >= 4 is 11.8 Å². The predicted molar refractivity (Wildman–Crippen MR) is 77.0 cm³/mol. The highest BCUT2D eigenvalue weighted by molar-refractivity contribution is 7.99. The molecule has 0 radical (unpaired) electrons. The van der Waals surface area contributed by atoms with Crippen molar-refractivity contribution in [3.05, 3.63) is 29.8 Å². The van der Waals surface area contributed by atoms with E-state index in [9.17, 15) is 0 Å². The van der Waals surface area contributed by atoms with Gasteiger partial charge in [-0.2, -0.15) is 11.8 Å². The van der Waals surface area contributed by atoms with E-state index in [4.69, 9.17) is 4.74 Å². The molecule has 1 aromatic carbocycles. The quantitative estimate of drug-likeness (QED) is 0.717. The summed E-state index contributed by atoms with van der Waals surface area (Å²) in [6.45, 7) is 8.23. The first-order valence-electron chi connectivity index (χ1n) is 6.32. The second kappa shape index (κ2) is 8.43. The van der Waals surface area contributed by atoms with Gasteiger partial charge in [0.05, 0.1) is 6.61 Å². The number of hydrogen-bond acceptors (Lipinski definition) is 3. The maximum Gasteiger partial charge on any atom is 0.124 e. The van der Waals surface area contributed by atoms with E-state index in [-0.39, 0.29) is 0 Å². The number of nitrogens with one attached hydrogen (secondary N) is 1. The summed E-state index contributed by atoms with van der Waals surface area (Å²) in [6, 6.07) is 8.63. The van der Waals surface area contributed by atoms with Crippen LogP contribution in [0.5, 0.6) is 5.75 Å². The Morgan fingerprint density at radius 3 is 2.76 bits per heavy atom. The average Bonchev–Trinajstić information content (AvgIpc) is 2.35. The molecule has 0 aliphatic rings. The normalized spacial score (nSPS) is 12.4. The first kappa shape index (κ1) is 14.4. The molecule has 0 bridgehead atoms. The van der Waals surface area contributed by atoms with Crippen molar-refractivity contribution < 1.29 is 4.74 Å². The van der Waals surface area contributed by atoms with E-state index in [0.717, 1.165) is 30.4 Å². The van der Waals surface area contributed by atoms with Crippen molar-refractivity contribution in [2.75, 3.05) is 24.7 Å². The number of ether oxygens (including phenoxy) is 1. The SMILES string of the molecule is CCNC(C)c1ccccc1OCCSCC. The van der Waals surface area contributed by atoms with Crippen LogP contribution in [0.15, 0.2) is 24.3 Å². The van der Waals surface area contributed by atoms with Crippen molar-refractivity contribution in [3.8, 4) is 5.75 Å². The molecule has 96 valence electrons. The highest BCUT2D eigenvalue weighted by Crippen LogP contribution is 2.24. The number of hydrogen-bond donors (Lipinski definition) is 1. The molecule has 1 rings (SSSR count). The Labute approximate surface area is 109 Å². The van der Waals surface area contributed by atoms with Gasteiger partial charge in [0.15, 0.2) is 0 Å². The summed E-state index contributed by atoms with van der Waals surface area (Å²) in [5.74, 6) is 3.22. The minimum absolute atomic E-state index is 0.343. The van der Waals surface area contributed by atoms with E-state index in [1.54, 1.807) is 0 Å². The fourth-order valence-electron chi connectivity index (χ4n) is 1.74. The highest BCUT2D eigenvalue weighted by Gasteiger charge is 2.09. The molecule has 3 heteroatoms. The van der Waals surface area contributed by atoms with Gasteiger partial charge < -0.3 is 10.1 Å². The standard InChI is InChI=1S/C14H23NOS/c1-4-15-12(3)13-8-6-7-9-14(13)16-10-11-17-5-2/h6-9,12,15H,4-5,10-11H2,1-3H3. The second-order valence-corrected chi connectivity index (χ2v) is 5.26. The van der Waals surface area contributed by atoms with Gasteiger partial charge in [-0.15, -0.1) is 0 Å². The summed E-state index contributed by atoms with van der Waals surface area (Å²) in [7, 11) is 0. The largest absolute Gasteiger partial charge is 0.492 e. The molecule has 1 unspecified atom stereocenters. The molecule has 17 heavy (non-hydrogen) atoms. The Morgan fingerprint density at radius 2 is 2.06 bits per heavy atom. The van der Waals surface area contributed by atoms with E-state index in [1.807, 2.05) is 17.8 Å². The Bertz CT molecular complexity index is 317. The molecule has 0 saturated heterocycles. The molecule has 1 aromatic rings. The van der Waals surface area contributed by atoms with Crippen molar-refractivity contribution in [2.45, 2.75) is 26.8 Å². The Morgan fingerprint density at radius 1 is 1.29 bits per heavy atom. The van der Waals surface area contributed by atoms with Crippen LogP contribution in [-0.2, 0) is 0 Å². The van der Waals surface area contributed by atoms with Crippen molar-refractivity contribution in [3.63, 3.8) is 0 Å². The van der Waals surface area contributed by atoms with Gasteiger partial charge in [0, 0.05) is 17.4 Å². The fraction of sp³-hybridized carbons (Fsp3) is 0.571. The van der Waals surface area contributed by atoms with E-state index in [0.29, 0.717) is 6.04 Å². The third-order valence-corrected chi connectivity index (χ3v) is 3.45. The van der Waals surface area contributed by atoms with Crippen LogP contribution in [0.2, 0.25) is 0 Å². The summed E-state index contributed by atoms with van der Waals surface area (Å²) in [4.78, 5) is 0. The third-order valence-electron chi connectivity index (χ3n) is 2.59.